The third kappa shape index (κ3) is 3.37. The van der Waals surface area contributed by atoms with E-state index in [0.717, 1.165) is 5.56 Å². The SMILES string of the molecule is COCCn1c(-c2cccc(C)c2Cl)nnc1S(=O)(=O)Cl. The molecule has 1 heterocycles. The lowest BCUT2D eigenvalue weighted by Crippen LogP contribution is -2.11. The van der Waals surface area contributed by atoms with Gasteiger partial charge in [-0.2, -0.15) is 0 Å². The largest absolute Gasteiger partial charge is 0.383 e. The van der Waals surface area contributed by atoms with E-state index in [1.807, 2.05) is 13.0 Å². The van der Waals surface area contributed by atoms with E-state index in [4.69, 9.17) is 27.0 Å². The lowest BCUT2D eigenvalue weighted by molar-refractivity contribution is 0.185. The fraction of sp³-hybridized carbons (Fsp3) is 0.333. The Labute approximate surface area is 132 Å². The predicted molar refractivity (Wildman–Crippen MR) is 80.1 cm³/mol. The fourth-order valence-corrected chi connectivity index (χ4v) is 3.00. The van der Waals surface area contributed by atoms with Crippen LogP contribution in [0.5, 0.6) is 0 Å². The number of aryl methyl sites for hydroxylation is 1. The summed E-state index contributed by atoms with van der Waals surface area (Å²) in [7, 11) is 2.89. The van der Waals surface area contributed by atoms with Crippen LogP contribution in [0.2, 0.25) is 5.02 Å². The molecule has 0 aliphatic rings. The van der Waals surface area contributed by atoms with Crippen LogP contribution in [0, 0.1) is 6.92 Å². The molecular formula is C12H13Cl2N3O3S. The van der Waals surface area contributed by atoms with Crippen molar-refractivity contribution in [3.05, 3.63) is 28.8 Å². The van der Waals surface area contributed by atoms with Gasteiger partial charge in [0, 0.05) is 23.4 Å². The van der Waals surface area contributed by atoms with Gasteiger partial charge in [0.05, 0.1) is 18.2 Å². The zero-order valence-corrected chi connectivity index (χ0v) is 13.7. The van der Waals surface area contributed by atoms with Crippen LogP contribution in [-0.2, 0) is 20.3 Å². The van der Waals surface area contributed by atoms with Gasteiger partial charge in [-0.3, -0.25) is 4.57 Å². The monoisotopic (exact) mass is 349 g/mol. The van der Waals surface area contributed by atoms with E-state index in [1.54, 1.807) is 12.1 Å². The van der Waals surface area contributed by atoms with E-state index in [0.29, 0.717) is 16.4 Å². The second kappa shape index (κ2) is 6.31. The molecule has 0 saturated heterocycles. The van der Waals surface area contributed by atoms with Crippen molar-refractivity contribution in [2.24, 2.45) is 0 Å². The summed E-state index contributed by atoms with van der Waals surface area (Å²) in [5.74, 6) is 0.333. The number of methoxy groups -OCH3 is 1. The fourth-order valence-electron chi connectivity index (χ4n) is 1.87. The molecule has 114 valence electrons. The normalized spacial score (nSPS) is 11.8. The van der Waals surface area contributed by atoms with Gasteiger partial charge in [0.2, 0.25) is 0 Å². The number of halogens is 2. The summed E-state index contributed by atoms with van der Waals surface area (Å²) >= 11 is 6.26. The molecule has 1 aromatic carbocycles. The average molecular weight is 350 g/mol. The second-order valence-corrected chi connectivity index (χ2v) is 7.16. The topological polar surface area (TPSA) is 74.1 Å². The standard InChI is InChI=1S/C12H13Cl2N3O3S/c1-8-4-3-5-9(10(8)13)11-15-16-12(21(14,18)19)17(11)6-7-20-2/h3-5H,6-7H2,1-2H3. The molecule has 0 aliphatic heterocycles. The third-order valence-electron chi connectivity index (χ3n) is 2.89. The Kier molecular flexibility index (Phi) is 4.88. The maximum Gasteiger partial charge on any atom is 0.296 e. The van der Waals surface area contributed by atoms with E-state index in [9.17, 15) is 8.42 Å². The summed E-state index contributed by atoms with van der Waals surface area (Å²) < 4.78 is 29.5. The van der Waals surface area contributed by atoms with E-state index in [-0.39, 0.29) is 18.3 Å². The van der Waals surface area contributed by atoms with Gasteiger partial charge in [-0.25, -0.2) is 8.42 Å². The van der Waals surface area contributed by atoms with Gasteiger partial charge < -0.3 is 4.74 Å². The molecule has 0 spiro atoms. The predicted octanol–water partition coefficient (Wildman–Crippen LogP) is 2.48. The smallest absolute Gasteiger partial charge is 0.296 e. The first kappa shape index (κ1) is 16.2. The van der Waals surface area contributed by atoms with E-state index in [1.165, 1.54) is 11.7 Å². The number of aromatic nitrogens is 3. The van der Waals surface area contributed by atoms with Gasteiger partial charge in [0.1, 0.15) is 0 Å². The molecule has 0 fully saturated rings. The zero-order valence-electron chi connectivity index (χ0n) is 11.4. The second-order valence-electron chi connectivity index (χ2n) is 4.32. The van der Waals surface area contributed by atoms with Crippen molar-refractivity contribution in [2.75, 3.05) is 13.7 Å². The molecule has 0 saturated carbocycles. The summed E-state index contributed by atoms with van der Waals surface area (Å²) in [6.07, 6.45) is 0. The Balaban J connectivity index is 2.64. The molecule has 0 bridgehead atoms. The lowest BCUT2D eigenvalue weighted by atomic mass is 10.1. The van der Waals surface area contributed by atoms with E-state index in [2.05, 4.69) is 10.2 Å². The molecule has 1 aromatic heterocycles. The van der Waals surface area contributed by atoms with Gasteiger partial charge in [0.25, 0.3) is 14.2 Å². The number of rotatable bonds is 5. The van der Waals surface area contributed by atoms with Crippen LogP contribution in [0.1, 0.15) is 5.56 Å². The molecule has 2 aromatic rings. The van der Waals surface area contributed by atoms with Gasteiger partial charge >= 0.3 is 0 Å². The highest BCUT2D eigenvalue weighted by molar-refractivity contribution is 8.13. The lowest BCUT2D eigenvalue weighted by Gasteiger charge is -2.10. The molecule has 0 amide bonds. The number of benzene rings is 1. The molecule has 21 heavy (non-hydrogen) atoms. The molecular weight excluding hydrogens is 337 g/mol. The average Bonchev–Trinajstić information content (AvgIpc) is 2.83. The minimum Gasteiger partial charge on any atom is -0.383 e. The van der Waals surface area contributed by atoms with Gasteiger partial charge in [-0.05, 0) is 18.6 Å². The number of hydrogen-bond acceptors (Lipinski definition) is 5. The highest BCUT2D eigenvalue weighted by atomic mass is 35.7. The molecule has 0 N–H and O–H groups in total. The Hall–Kier alpha value is -1.15. The van der Waals surface area contributed by atoms with Crippen LogP contribution in [0.4, 0.5) is 0 Å². The highest BCUT2D eigenvalue weighted by Gasteiger charge is 2.24. The molecule has 2 rings (SSSR count). The first-order valence-electron chi connectivity index (χ1n) is 5.98. The minimum atomic E-state index is -4.01. The van der Waals surface area contributed by atoms with Gasteiger partial charge in [0.15, 0.2) is 5.82 Å². The number of hydrogen-bond donors (Lipinski definition) is 0. The van der Waals surface area contributed by atoms with Crippen molar-refractivity contribution in [2.45, 2.75) is 18.6 Å². The summed E-state index contributed by atoms with van der Waals surface area (Å²) in [5.41, 5.74) is 1.44. The minimum absolute atomic E-state index is 0.240. The Bertz CT molecular complexity index is 759. The number of nitrogens with zero attached hydrogens (tertiary/aromatic N) is 3. The van der Waals surface area contributed by atoms with Crippen molar-refractivity contribution in [1.29, 1.82) is 0 Å². The van der Waals surface area contributed by atoms with E-state index < -0.39 is 9.05 Å². The van der Waals surface area contributed by atoms with Crippen LogP contribution in [0.15, 0.2) is 23.4 Å². The van der Waals surface area contributed by atoms with Crippen molar-refractivity contribution in [3.63, 3.8) is 0 Å². The Morgan fingerprint density at radius 1 is 1.33 bits per heavy atom. The first-order valence-corrected chi connectivity index (χ1v) is 8.67. The molecule has 9 heteroatoms. The molecule has 6 nitrogen and oxygen atoms in total. The quantitative estimate of drug-likeness (QED) is 0.775. The summed E-state index contributed by atoms with van der Waals surface area (Å²) in [4.78, 5) is 0. The Morgan fingerprint density at radius 3 is 2.67 bits per heavy atom. The van der Waals surface area contributed by atoms with Crippen molar-refractivity contribution >= 4 is 31.3 Å². The maximum atomic E-state index is 11.6. The van der Waals surface area contributed by atoms with Crippen LogP contribution < -0.4 is 0 Å². The molecule has 0 aliphatic carbocycles. The van der Waals surface area contributed by atoms with Crippen molar-refractivity contribution in [1.82, 2.24) is 14.8 Å². The Morgan fingerprint density at radius 2 is 2.05 bits per heavy atom. The van der Waals surface area contributed by atoms with Crippen LogP contribution in [0.3, 0.4) is 0 Å². The molecule has 0 radical (unpaired) electrons. The van der Waals surface area contributed by atoms with Crippen LogP contribution in [0.25, 0.3) is 11.4 Å². The highest BCUT2D eigenvalue weighted by Crippen LogP contribution is 2.30. The number of ether oxygens (including phenoxy) is 1. The van der Waals surface area contributed by atoms with Gasteiger partial charge in [-0.1, -0.05) is 23.7 Å². The molecule has 0 atom stereocenters. The summed E-state index contributed by atoms with van der Waals surface area (Å²) in [6, 6.07) is 5.40. The third-order valence-corrected chi connectivity index (χ3v) is 4.54. The summed E-state index contributed by atoms with van der Waals surface area (Å²) in [6.45, 7) is 2.37. The molecule has 0 unspecified atom stereocenters. The maximum absolute atomic E-state index is 11.6. The summed E-state index contributed by atoms with van der Waals surface area (Å²) in [5, 5.41) is 7.75. The first-order chi connectivity index (χ1) is 9.86. The van der Waals surface area contributed by atoms with Crippen molar-refractivity contribution in [3.8, 4) is 11.4 Å². The zero-order chi connectivity index (χ0) is 15.6. The van der Waals surface area contributed by atoms with Gasteiger partial charge in [-0.15, -0.1) is 10.2 Å². The van der Waals surface area contributed by atoms with Crippen molar-refractivity contribution < 1.29 is 13.2 Å². The van der Waals surface area contributed by atoms with Crippen LogP contribution in [-0.4, -0.2) is 36.9 Å². The van der Waals surface area contributed by atoms with E-state index >= 15 is 0 Å². The van der Waals surface area contributed by atoms with Crippen LogP contribution >= 0.6 is 22.3 Å².